The first-order chi connectivity index (χ1) is 8.56. The minimum atomic E-state index is -0.906. The fourth-order valence-corrected chi connectivity index (χ4v) is 1.80. The van der Waals surface area contributed by atoms with E-state index in [4.69, 9.17) is 5.11 Å². The third kappa shape index (κ3) is 2.71. The molecule has 0 atom stereocenters. The van der Waals surface area contributed by atoms with Crippen LogP contribution in [0.2, 0.25) is 0 Å². The van der Waals surface area contributed by atoms with Crippen molar-refractivity contribution in [3.63, 3.8) is 0 Å². The van der Waals surface area contributed by atoms with E-state index in [9.17, 15) is 9.18 Å². The molecule has 1 aromatic heterocycles. The Labute approximate surface area is 104 Å². The predicted molar refractivity (Wildman–Crippen MR) is 65.7 cm³/mol. The molecule has 0 aliphatic rings. The lowest BCUT2D eigenvalue weighted by Crippen LogP contribution is -2.03. The van der Waals surface area contributed by atoms with E-state index in [0.717, 1.165) is 16.7 Å². The Kier molecular flexibility index (Phi) is 3.37. The molecular weight excluding hydrogens is 233 g/mol. The summed E-state index contributed by atoms with van der Waals surface area (Å²) < 4.78 is 12.8. The highest BCUT2D eigenvalue weighted by atomic mass is 19.1. The number of pyridine rings is 1. The van der Waals surface area contributed by atoms with Crippen LogP contribution in [0.25, 0.3) is 11.1 Å². The molecule has 0 saturated heterocycles. The lowest BCUT2D eigenvalue weighted by Gasteiger charge is -2.07. The Balaban J connectivity index is 2.35. The van der Waals surface area contributed by atoms with Gasteiger partial charge in [-0.05, 0) is 36.2 Å². The maximum Gasteiger partial charge on any atom is 0.309 e. The monoisotopic (exact) mass is 245 g/mol. The van der Waals surface area contributed by atoms with E-state index in [2.05, 4.69) is 4.98 Å². The zero-order valence-corrected chi connectivity index (χ0v) is 9.85. The molecule has 18 heavy (non-hydrogen) atoms. The van der Waals surface area contributed by atoms with E-state index in [1.165, 1.54) is 12.1 Å². The summed E-state index contributed by atoms with van der Waals surface area (Å²) in [6.45, 7) is 1.88. The van der Waals surface area contributed by atoms with Gasteiger partial charge in [0.25, 0.3) is 0 Å². The van der Waals surface area contributed by atoms with Crippen LogP contribution in [-0.4, -0.2) is 16.1 Å². The van der Waals surface area contributed by atoms with E-state index in [1.54, 1.807) is 24.4 Å². The Morgan fingerprint density at radius 3 is 2.56 bits per heavy atom. The second kappa shape index (κ2) is 4.96. The number of aromatic nitrogens is 1. The molecule has 0 fully saturated rings. The second-order valence-corrected chi connectivity index (χ2v) is 4.07. The predicted octanol–water partition coefficient (Wildman–Crippen LogP) is 2.82. The maximum atomic E-state index is 12.8. The highest BCUT2D eigenvalue weighted by Crippen LogP contribution is 2.23. The second-order valence-electron chi connectivity index (χ2n) is 4.07. The minimum Gasteiger partial charge on any atom is -0.481 e. The van der Waals surface area contributed by atoms with Gasteiger partial charge in [0.1, 0.15) is 5.82 Å². The number of hydrogen-bond acceptors (Lipinski definition) is 2. The van der Waals surface area contributed by atoms with E-state index >= 15 is 0 Å². The summed E-state index contributed by atoms with van der Waals surface area (Å²) >= 11 is 0. The van der Waals surface area contributed by atoms with Crippen molar-refractivity contribution in [3.05, 3.63) is 53.6 Å². The summed E-state index contributed by atoms with van der Waals surface area (Å²) in [5, 5.41) is 8.69. The van der Waals surface area contributed by atoms with Gasteiger partial charge >= 0.3 is 5.97 Å². The fraction of sp³-hybridized carbons (Fsp3) is 0.143. The standard InChI is InChI=1S/C14H12FNO2/c1-9-6-12(7-14(17)18)16-8-13(9)10-2-4-11(15)5-3-10/h2-6,8H,7H2,1H3,(H,17,18). The Morgan fingerprint density at radius 1 is 1.33 bits per heavy atom. The van der Waals surface area contributed by atoms with E-state index in [-0.39, 0.29) is 12.2 Å². The first kappa shape index (κ1) is 12.2. The molecule has 2 rings (SSSR count). The molecule has 2 aromatic rings. The fourth-order valence-electron chi connectivity index (χ4n) is 1.80. The molecular formula is C14H12FNO2. The molecule has 3 nitrogen and oxygen atoms in total. The maximum absolute atomic E-state index is 12.8. The molecule has 0 amide bonds. The summed E-state index contributed by atoms with van der Waals surface area (Å²) in [6, 6.07) is 7.87. The molecule has 1 aromatic carbocycles. The van der Waals surface area contributed by atoms with Gasteiger partial charge in [-0.1, -0.05) is 12.1 Å². The van der Waals surface area contributed by atoms with Crippen LogP contribution < -0.4 is 0 Å². The number of aliphatic carboxylic acids is 1. The van der Waals surface area contributed by atoms with E-state index in [0.29, 0.717) is 5.69 Å². The number of nitrogens with zero attached hydrogens (tertiary/aromatic N) is 1. The summed E-state index contributed by atoms with van der Waals surface area (Å²) in [6.07, 6.45) is 1.53. The van der Waals surface area contributed by atoms with Crippen molar-refractivity contribution in [2.24, 2.45) is 0 Å². The largest absolute Gasteiger partial charge is 0.481 e. The van der Waals surface area contributed by atoms with E-state index < -0.39 is 5.97 Å². The molecule has 0 saturated carbocycles. The van der Waals surface area contributed by atoms with Crippen molar-refractivity contribution in [2.75, 3.05) is 0 Å². The third-order valence-corrected chi connectivity index (χ3v) is 2.66. The number of halogens is 1. The molecule has 1 heterocycles. The van der Waals surface area contributed by atoms with Gasteiger partial charge in [0, 0.05) is 11.8 Å². The normalized spacial score (nSPS) is 10.3. The Bertz CT molecular complexity index is 579. The zero-order chi connectivity index (χ0) is 13.1. The summed E-state index contributed by atoms with van der Waals surface area (Å²) in [4.78, 5) is 14.7. The van der Waals surface area contributed by atoms with Crippen molar-refractivity contribution < 1.29 is 14.3 Å². The molecule has 0 aliphatic carbocycles. The van der Waals surface area contributed by atoms with Gasteiger partial charge in [-0.2, -0.15) is 0 Å². The van der Waals surface area contributed by atoms with Crippen LogP contribution in [0.4, 0.5) is 4.39 Å². The van der Waals surface area contributed by atoms with Crippen molar-refractivity contribution in [2.45, 2.75) is 13.3 Å². The van der Waals surface area contributed by atoms with E-state index in [1.807, 2.05) is 6.92 Å². The highest BCUT2D eigenvalue weighted by molar-refractivity contribution is 5.71. The van der Waals surface area contributed by atoms with Crippen molar-refractivity contribution in [1.29, 1.82) is 0 Å². The number of aryl methyl sites for hydroxylation is 1. The quantitative estimate of drug-likeness (QED) is 0.904. The average molecular weight is 245 g/mol. The third-order valence-electron chi connectivity index (χ3n) is 2.66. The topological polar surface area (TPSA) is 50.2 Å². The smallest absolute Gasteiger partial charge is 0.309 e. The zero-order valence-electron chi connectivity index (χ0n) is 9.85. The van der Waals surface area contributed by atoms with Gasteiger partial charge in [-0.3, -0.25) is 9.78 Å². The van der Waals surface area contributed by atoms with Gasteiger partial charge < -0.3 is 5.11 Å². The number of carboxylic acids is 1. The van der Waals surface area contributed by atoms with Crippen LogP contribution in [0.1, 0.15) is 11.3 Å². The molecule has 0 bridgehead atoms. The number of rotatable bonds is 3. The van der Waals surface area contributed by atoms with Crippen LogP contribution in [0, 0.1) is 12.7 Å². The lowest BCUT2D eigenvalue weighted by atomic mass is 10.0. The van der Waals surface area contributed by atoms with Gasteiger partial charge in [0.15, 0.2) is 0 Å². The van der Waals surface area contributed by atoms with Gasteiger partial charge in [0.2, 0.25) is 0 Å². The van der Waals surface area contributed by atoms with Crippen molar-refractivity contribution >= 4 is 5.97 Å². The highest BCUT2D eigenvalue weighted by Gasteiger charge is 2.07. The molecule has 0 aliphatic heterocycles. The average Bonchev–Trinajstić information content (AvgIpc) is 2.30. The first-order valence-electron chi connectivity index (χ1n) is 5.49. The number of carboxylic acid groups (broad SMARTS) is 1. The summed E-state index contributed by atoms with van der Waals surface area (Å²) in [5.74, 6) is -1.19. The Hall–Kier alpha value is -2.23. The lowest BCUT2D eigenvalue weighted by molar-refractivity contribution is -0.136. The molecule has 0 spiro atoms. The summed E-state index contributed by atoms with van der Waals surface area (Å²) in [7, 11) is 0. The van der Waals surface area contributed by atoms with Crippen LogP contribution in [0.15, 0.2) is 36.5 Å². The van der Waals surface area contributed by atoms with Crippen LogP contribution in [0.3, 0.4) is 0 Å². The molecule has 4 heteroatoms. The number of carbonyl (C=O) groups is 1. The molecule has 0 unspecified atom stereocenters. The summed E-state index contributed by atoms with van der Waals surface area (Å²) in [5.41, 5.74) is 3.19. The van der Waals surface area contributed by atoms with Gasteiger partial charge in [-0.25, -0.2) is 4.39 Å². The Morgan fingerprint density at radius 2 is 2.00 bits per heavy atom. The number of benzene rings is 1. The van der Waals surface area contributed by atoms with Crippen LogP contribution >= 0.6 is 0 Å². The van der Waals surface area contributed by atoms with Crippen molar-refractivity contribution in [1.82, 2.24) is 4.98 Å². The molecule has 92 valence electrons. The minimum absolute atomic E-state index is 0.0927. The van der Waals surface area contributed by atoms with Gasteiger partial charge in [0.05, 0.1) is 12.1 Å². The van der Waals surface area contributed by atoms with Crippen LogP contribution in [0.5, 0.6) is 0 Å². The van der Waals surface area contributed by atoms with Crippen molar-refractivity contribution in [3.8, 4) is 11.1 Å². The molecule has 1 N–H and O–H groups in total. The number of hydrogen-bond donors (Lipinski definition) is 1. The van der Waals surface area contributed by atoms with Crippen LogP contribution in [-0.2, 0) is 11.2 Å². The molecule has 0 radical (unpaired) electrons. The van der Waals surface area contributed by atoms with Gasteiger partial charge in [-0.15, -0.1) is 0 Å². The SMILES string of the molecule is Cc1cc(CC(=O)O)ncc1-c1ccc(F)cc1. The first-order valence-corrected chi connectivity index (χ1v) is 5.49.